The van der Waals surface area contributed by atoms with Crippen molar-refractivity contribution in [3.8, 4) is 0 Å². The Bertz CT molecular complexity index is 867. The number of nitrogens with zero attached hydrogens (tertiary/aromatic N) is 2. The lowest BCUT2D eigenvalue weighted by molar-refractivity contribution is -0.143. The van der Waals surface area contributed by atoms with Crippen LogP contribution in [0.5, 0.6) is 0 Å². The zero-order chi connectivity index (χ0) is 21.6. The number of carbonyl (C=O) groups is 1. The molecule has 1 amide bonds. The molecule has 0 aliphatic heterocycles. The molecule has 1 unspecified atom stereocenters. The Morgan fingerprint density at radius 1 is 1.07 bits per heavy atom. The van der Waals surface area contributed by atoms with E-state index in [1.165, 1.54) is 0 Å². The number of aromatic nitrogens is 2. The van der Waals surface area contributed by atoms with Gasteiger partial charge < -0.3 is 9.84 Å². The maximum Gasteiger partial charge on any atom is 0.416 e. The fourth-order valence-corrected chi connectivity index (χ4v) is 2.71. The predicted octanol–water partition coefficient (Wildman–Crippen LogP) is 5.11. The largest absolute Gasteiger partial charge is 0.416 e. The minimum absolute atomic E-state index is 0.0311. The Labute approximate surface area is 161 Å². The second-order valence-electron chi connectivity index (χ2n) is 7.25. The average molecular weight is 421 g/mol. The third-order valence-corrected chi connectivity index (χ3v) is 4.47. The van der Waals surface area contributed by atoms with Crippen LogP contribution in [0, 0.1) is 5.92 Å². The first-order chi connectivity index (χ1) is 13.4. The fraction of sp³-hybridized carbons (Fsp3) is 0.500. The normalized spacial score (nSPS) is 16.2. The first-order valence-electron chi connectivity index (χ1n) is 8.80. The Hall–Kier alpha value is -2.59. The second-order valence-corrected chi connectivity index (χ2v) is 7.25. The number of amides is 1. The van der Waals surface area contributed by atoms with Crippen molar-refractivity contribution in [1.29, 1.82) is 0 Å². The first kappa shape index (κ1) is 21.1. The van der Waals surface area contributed by atoms with E-state index in [9.17, 15) is 31.1 Å². The van der Waals surface area contributed by atoms with Crippen LogP contribution in [-0.4, -0.2) is 16.0 Å². The standard InChI is InChI=1S/C18H17F6N3O2/c1-8(2)13(16-26-14(27-29-16)9-3-4-9)25-15(28)10-5-11(17(19,20)21)7-12(6-10)18(22,23)24/h5-9,13H,3-4H2,1-2H3,(H,25,28). The summed E-state index contributed by atoms with van der Waals surface area (Å²) < 4.78 is 83.2. The van der Waals surface area contributed by atoms with E-state index in [0.29, 0.717) is 18.0 Å². The van der Waals surface area contributed by atoms with Gasteiger partial charge in [0.1, 0.15) is 6.04 Å². The molecule has 0 spiro atoms. The highest BCUT2D eigenvalue weighted by molar-refractivity contribution is 5.95. The summed E-state index contributed by atoms with van der Waals surface area (Å²) in [7, 11) is 0. The van der Waals surface area contributed by atoms with E-state index in [-0.39, 0.29) is 23.8 Å². The third kappa shape index (κ3) is 4.88. The number of nitrogens with one attached hydrogen (secondary N) is 1. The van der Waals surface area contributed by atoms with E-state index in [1.807, 2.05) is 0 Å². The smallest absolute Gasteiger partial charge is 0.340 e. The van der Waals surface area contributed by atoms with Crippen LogP contribution in [0.25, 0.3) is 0 Å². The highest BCUT2D eigenvalue weighted by Gasteiger charge is 2.38. The lowest BCUT2D eigenvalue weighted by Crippen LogP contribution is -2.32. The number of carbonyl (C=O) groups excluding carboxylic acids is 1. The molecule has 1 N–H and O–H groups in total. The van der Waals surface area contributed by atoms with Gasteiger partial charge >= 0.3 is 12.4 Å². The number of benzene rings is 1. The molecule has 5 nitrogen and oxygen atoms in total. The lowest BCUT2D eigenvalue weighted by Gasteiger charge is -2.19. The van der Waals surface area contributed by atoms with Gasteiger partial charge in [0, 0.05) is 11.5 Å². The molecule has 1 atom stereocenters. The van der Waals surface area contributed by atoms with Crippen LogP contribution in [0.15, 0.2) is 22.7 Å². The molecule has 1 fully saturated rings. The van der Waals surface area contributed by atoms with Crippen LogP contribution in [-0.2, 0) is 12.4 Å². The van der Waals surface area contributed by atoms with E-state index in [0.717, 1.165) is 12.8 Å². The van der Waals surface area contributed by atoms with Crippen LogP contribution in [0.3, 0.4) is 0 Å². The molecule has 1 aromatic heterocycles. The number of alkyl halides is 6. The SMILES string of the molecule is CC(C)C(NC(=O)c1cc(C(F)(F)F)cc(C(F)(F)F)c1)c1nc(C2CC2)no1. The Kier molecular flexibility index (Phi) is 5.35. The molecular formula is C18H17F6N3O2. The predicted molar refractivity (Wildman–Crippen MR) is 87.8 cm³/mol. The van der Waals surface area contributed by atoms with Gasteiger partial charge in [-0.3, -0.25) is 4.79 Å². The number of halogens is 6. The van der Waals surface area contributed by atoms with E-state index < -0.39 is 41.0 Å². The number of hydrogen-bond donors (Lipinski definition) is 1. The molecule has 3 rings (SSSR count). The van der Waals surface area contributed by atoms with Crippen molar-refractivity contribution in [2.24, 2.45) is 5.92 Å². The topological polar surface area (TPSA) is 68.0 Å². The summed E-state index contributed by atoms with van der Waals surface area (Å²) >= 11 is 0. The lowest BCUT2D eigenvalue weighted by atomic mass is 10.0. The van der Waals surface area contributed by atoms with Gasteiger partial charge in [-0.2, -0.15) is 31.3 Å². The van der Waals surface area contributed by atoms with Crippen LogP contribution in [0.2, 0.25) is 0 Å². The van der Waals surface area contributed by atoms with Crippen molar-refractivity contribution < 1.29 is 35.7 Å². The van der Waals surface area contributed by atoms with Gasteiger partial charge in [-0.25, -0.2) is 0 Å². The summed E-state index contributed by atoms with van der Waals surface area (Å²) in [6, 6.07) is -0.140. The molecular weight excluding hydrogens is 404 g/mol. The van der Waals surface area contributed by atoms with Gasteiger partial charge in [0.25, 0.3) is 5.91 Å². The minimum Gasteiger partial charge on any atom is -0.340 e. The van der Waals surface area contributed by atoms with Crippen LogP contribution in [0.4, 0.5) is 26.3 Å². The fourth-order valence-electron chi connectivity index (χ4n) is 2.71. The summed E-state index contributed by atoms with van der Waals surface area (Å²) in [6.45, 7) is 3.39. The van der Waals surface area contributed by atoms with Crippen LogP contribution >= 0.6 is 0 Å². The van der Waals surface area contributed by atoms with Gasteiger partial charge in [0.2, 0.25) is 5.89 Å². The van der Waals surface area contributed by atoms with Gasteiger partial charge in [0.05, 0.1) is 11.1 Å². The summed E-state index contributed by atoms with van der Waals surface area (Å²) in [5, 5.41) is 6.23. The Morgan fingerprint density at radius 2 is 1.62 bits per heavy atom. The highest BCUT2D eigenvalue weighted by atomic mass is 19.4. The molecule has 158 valence electrons. The molecule has 11 heteroatoms. The van der Waals surface area contributed by atoms with Crippen molar-refractivity contribution in [3.05, 3.63) is 46.6 Å². The quantitative estimate of drug-likeness (QED) is 0.682. The van der Waals surface area contributed by atoms with Gasteiger partial charge in [-0.05, 0) is 37.0 Å². The molecule has 0 bridgehead atoms. The maximum absolute atomic E-state index is 13.0. The van der Waals surface area contributed by atoms with Crippen molar-refractivity contribution >= 4 is 5.91 Å². The van der Waals surface area contributed by atoms with Crippen molar-refractivity contribution in [2.75, 3.05) is 0 Å². The Morgan fingerprint density at radius 3 is 2.07 bits per heavy atom. The molecule has 1 aromatic carbocycles. The minimum atomic E-state index is -5.04. The highest BCUT2D eigenvalue weighted by Crippen LogP contribution is 2.39. The zero-order valence-electron chi connectivity index (χ0n) is 15.4. The Balaban J connectivity index is 1.91. The van der Waals surface area contributed by atoms with E-state index in [1.54, 1.807) is 13.8 Å². The molecule has 29 heavy (non-hydrogen) atoms. The summed E-state index contributed by atoms with van der Waals surface area (Å²) in [6.07, 6.45) is -8.27. The molecule has 1 heterocycles. The number of hydrogen-bond acceptors (Lipinski definition) is 4. The summed E-state index contributed by atoms with van der Waals surface area (Å²) in [5.41, 5.74) is -3.89. The van der Waals surface area contributed by atoms with Crippen LogP contribution < -0.4 is 5.32 Å². The second kappa shape index (κ2) is 7.34. The van der Waals surface area contributed by atoms with E-state index in [2.05, 4.69) is 15.5 Å². The van der Waals surface area contributed by atoms with Gasteiger partial charge in [-0.15, -0.1) is 0 Å². The summed E-state index contributed by atoms with van der Waals surface area (Å²) in [5.74, 6) is -0.712. The molecule has 0 radical (unpaired) electrons. The average Bonchev–Trinajstić information content (AvgIpc) is 3.35. The van der Waals surface area contributed by atoms with Crippen molar-refractivity contribution in [2.45, 2.75) is 51.0 Å². The van der Waals surface area contributed by atoms with Crippen molar-refractivity contribution in [3.63, 3.8) is 0 Å². The molecule has 1 aliphatic carbocycles. The maximum atomic E-state index is 13.0. The molecule has 1 aliphatic rings. The van der Waals surface area contributed by atoms with Crippen LogP contribution in [0.1, 0.15) is 71.8 Å². The van der Waals surface area contributed by atoms with E-state index >= 15 is 0 Å². The molecule has 2 aromatic rings. The van der Waals surface area contributed by atoms with Gasteiger partial charge in [-0.1, -0.05) is 19.0 Å². The number of rotatable bonds is 5. The molecule has 1 saturated carbocycles. The van der Waals surface area contributed by atoms with E-state index in [4.69, 9.17) is 4.52 Å². The van der Waals surface area contributed by atoms with Gasteiger partial charge in [0.15, 0.2) is 5.82 Å². The molecule has 0 saturated heterocycles. The zero-order valence-corrected chi connectivity index (χ0v) is 15.4. The van der Waals surface area contributed by atoms with Crippen molar-refractivity contribution in [1.82, 2.24) is 15.5 Å². The first-order valence-corrected chi connectivity index (χ1v) is 8.80. The monoisotopic (exact) mass is 421 g/mol. The third-order valence-electron chi connectivity index (χ3n) is 4.47. The summed E-state index contributed by atoms with van der Waals surface area (Å²) in [4.78, 5) is 16.7.